The number of benzene rings is 2. The Labute approximate surface area is 190 Å². The smallest absolute Gasteiger partial charge is 0.229 e. The summed E-state index contributed by atoms with van der Waals surface area (Å²) in [5.41, 5.74) is 2.53. The molecule has 2 aliphatic heterocycles. The fourth-order valence-electron chi connectivity index (χ4n) is 3.62. The van der Waals surface area contributed by atoms with Crippen LogP contribution in [0.2, 0.25) is 0 Å². The molecule has 148 valence electrons. The maximum atomic E-state index is 13.1. The average molecular weight is 535 g/mol. The number of hydrogen-bond acceptors (Lipinski definition) is 5. The highest BCUT2D eigenvalue weighted by molar-refractivity contribution is 9.10. The van der Waals surface area contributed by atoms with Gasteiger partial charge in [-0.2, -0.15) is 5.26 Å². The van der Waals surface area contributed by atoms with Crippen molar-refractivity contribution in [3.63, 3.8) is 0 Å². The van der Waals surface area contributed by atoms with Crippen molar-refractivity contribution in [1.82, 2.24) is 4.90 Å². The Kier molecular flexibility index (Phi) is 5.91. The zero-order chi connectivity index (χ0) is 20.5. The number of anilines is 1. The maximum Gasteiger partial charge on any atom is 0.229 e. The second-order valence-corrected chi connectivity index (χ2v) is 9.49. The minimum absolute atomic E-state index is 0.0142. The molecule has 1 amide bonds. The van der Waals surface area contributed by atoms with Gasteiger partial charge < -0.3 is 9.64 Å². The second-order valence-electron chi connectivity index (χ2n) is 6.73. The van der Waals surface area contributed by atoms with E-state index in [1.54, 1.807) is 12.0 Å². The van der Waals surface area contributed by atoms with Crippen LogP contribution in [0, 0.1) is 11.3 Å². The first-order chi connectivity index (χ1) is 14.0. The van der Waals surface area contributed by atoms with Gasteiger partial charge in [0.2, 0.25) is 5.91 Å². The predicted molar refractivity (Wildman–Crippen MR) is 121 cm³/mol. The fourth-order valence-corrected chi connectivity index (χ4v) is 5.43. The first-order valence-corrected chi connectivity index (χ1v) is 11.5. The lowest BCUT2D eigenvalue weighted by Crippen LogP contribution is -2.47. The number of ether oxygens (including phenoxy) is 1. The summed E-state index contributed by atoms with van der Waals surface area (Å²) in [5.74, 6) is 1.07. The minimum atomic E-state index is -0.307. The molecule has 2 aromatic rings. The van der Waals surface area contributed by atoms with Crippen LogP contribution in [0.15, 0.2) is 62.0 Å². The Morgan fingerprint density at radius 2 is 1.90 bits per heavy atom. The fraction of sp³-hybridized carbons (Fsp3) is 0.238. The van der Waals surface area contributed by atoms with E-state index in [4.69, 9.17) is 4.74 Å². The van der Waals surface area contributed by atoms with E-state index in [0.717, 1.165) is 25.2 Å². The summed E-state index contributed by atoms with van der Waals surface area (Å²) in [5, 5.41) is 10.7. The third-order valence-electron chi connectivity index (χ3n) is 5.05. The highest BCUT2D eigenvalue weighted by atomic mass is 79.9. The lowest BCUT2D eigenvalue weighted by atomic mass is 9.86. The van der Waals surface area contributed by atoms with Gasteiger partial charge in [-0.3, -0.25) is 9.69 Å². The molecule has 0 unspecified atom stereocenters. The Hall–Kier alpha value is -1.95. The van der Waals surface area contributed by atoms with Crippen LogP contribution in [0.25, 0.3) is 0 Å². The summed E-state index contributed by atoms with van der Waals surface area (Å²) in [4.78, 5) is 16.9. The number of nitrogens with zero attached hydrogens (tertiary/aromatic N) is 3. The maximum absolute atomic E-state index is 13.1. The number of carbonyl (C=O) groups excluding carboxylic acids is 1. The summed E-state index contributed by atoms with van der Waals surface area (Å²) in [7, 11) is 1.61. The Balaban J connectivity index is 1.70. The normalized spacial score (nSPS) is 19.1. The largest absolute Gasteiger partial charge is 0.496 e. The lowest BCUT2D eigenvalue weighted by molar-refractivity contribution is -0.129. The molecule has 2 aromatic carbocycles. The Morgan fingerprint density at radius 1 is 1.17 bits per heavy atom. The molecule has 8 heteroatoms. The molecular weight excluding hydrogens is 518 g/mol. The van der Waals surface area contributed by atoms with Crippen molar-refractivity contribution >= 4 is 55.2 Å². The highest BCUT2D eigenvalue weighted by Crippen LogP contribution is 2.45. The van der Waals surface area contributed by atoms with Gasteiger partial charge >= 0.3 is 0 Å². The van der Waals surface area contributed by atoms with Gasteiger partial charge in [0.1, 0.15) is 5.75 Å². The third kappa shape index (κ3) is 3.91. The van der Waals surface area contributed by atoms with E-state index >= 15 is 0 Å². The quantitative estimate of drug-likeness (QED) is 0.524. The van der Waals surface area contributed by atoms with Gasteiger partial charge in [0.15, 0.2) is 0 Å². The van der Waals surface area contributed by atoms with Crippen LogP contribution in [-0.2, 0) is 4.79 Å². The molecule has 29 heavy (non-hydrogen) atoms. The monoisotopic (exact) mass is 533 g/mol. The number of methoxy groups -OCH3 is 1. The molecule has 0 N–H and O–H groups in total. The van der Waals surface area contributed by atoms with Crippen molar-refractivity contribution in [2.24, 2.45) is 0 Å². The summed E-state index contributed by atoms with van der Waals surface area (Å²) >= 11 is 8.47. The van der Waals surface area contributed by atoms with Gasteiger partial charge in [0, 0.05) is 32.5 Å². The van der Waals surface area contributed by atoms with Crippen molar-refractivity contribution in [3.8, 4) is 11.8 Å². The molecule has 0 radical (unpaired) electrons. The molecule has 4 rings (SSSR count). The van der Waals surface area contributed by atoms with Crippen molar-refractivity contribution < 1.29 is 9.53 Å². The van der Waals surface area contributed by atoms with Gasteiger partial charge in [0.25, 0.3) is 0 Å². The van der Waals surface area contributed by atoms with Gasteiger partial charge in [-0.25, -0.2) is 0 Å². The summed E-state index contributed by atoms with van der Waals surface area (Å²) in [6.45, 7) is 0.441. The Morgan fingerprint density at radius 3 is 2.59 bits per heavy atom. The number of amides is 1. The van der Waals surface area contributed by atoms with E-state index < -0.39 is 0 Å². The molecular formula is C21H17Br2N3O2S. The zero-order valence-corrected chi connectivity index (χ0v) is 19.6. The second kappa shape index (κ2) is 8.42. The van der Waals surface area contributed by atoms with Gasteiger partial charge in [-0.1, -0.05) is 43.6 Å². The molecule has 1 fully saturated rings. The van der Waals surface area contributed by atoms with E-state index in [2.05, 4.69) is 42.8 Å². The van der Waals surface area contributed by atoms with Crippen LogP contribution in [0.5, 0.6) is 5.75 Å². The molecule has 0 aromatic heterocycles. The molecule has 0 bridgehead atoms. The van der Waals surface area contributed by atoms with E-state index in [9.17, 15) is 10.1 Å². The summed E-state index contributed by atoms with van der Waals surface area (Å²) in [6.07, 6.45) is 0.244. The standard InChI is InChI=1S/C21H17Br2N3O2S/c1-28-19-7-4-14(23)8-17(19)16-9-20(27)26-11-25(12-29-21(26)18(16)10-24)15-5-2-13(22)3-6-15/h2-8,16H,9,11-12H2,1H3/t16-/m0/s1. The van der Waals surface area contributed by atoms with Crippen molar-refractivity contribution in [3.05, 3.63) is 67.6 Å². The molecule has 0 aliphatic carbocycles. The van der Waals surface area contributed by atoms with E-state index in [-0.39, 0.29) is 18.2 Å². The topological polar surface area (TPSA) is 56.6 Å². The molecule has 1 saturated heterocycles. The number of fused-ring (bicyclic) bond motifs is 1. The zero-order valence-electron chi connectivity index (χ0n) is 15.6. The van der Waals surface area contributed by atoms with E-state index in [1.807, 2.05) is 42.5 Å². The minimum Gasteiger partial charge on any atom is -0.496 e. The lowest BCUT2D eigenvalue weighted by Gasteiger charge is -2.42. The number of allylic oxidation sites excluding steroid dienone is 1. The van der Waals surface area contributed by atoms with Crippen molar-refractivity contribution in [2.45, 2.75) is 12.3 Å². The molecule has 2 heterocycles. The van der Waals surface area contributed by atoms with Crippen LogP contribution in [0.1, 0.15) is 17.9 Å². The van der Waals surface area contributed by atoms with E-state index in [0.29, 0.717) is 23.9 Å². The summed E-state index contributed by atoms with van der Waals surface area (Å²) < 4.78 is 7.41. The van der Waals surface area contributed by atoms with Crippen molar-refractivity contribution in [1.29, 1.82) is 5.26 Å². The molecule has 0 saturated carbocycles. The number of rotatable bonds is 3. The molecule has 5 nitrogen and oxygen atoms in total. The highest BCUT2D eigenvalue weighted by Gasteiger charge is 2.39. The van der Waals surface area contributed by atoms with Gasteiger partial charge in [-0.15, -0.1) is 0 Å². The first-order valence-electron chi connectivity index (χ1n) is 8.93. The third-order valence-corrected chi connectivity index (χ3v) is 7.23. The number of halogens is 2. The van der Waals surface area contributed by atoms with Crippen LogP contribution in [0.3, 0.4) is 0 Å². The van der Waals surface area contributed by atoms with Gasteiger partial charge in [-0.05, 0) is 42.5 Å². The van der Waals surface area contributed by atoms with Crippen LogP contribution in [-0.4, -0.2) is 30.5 Å². The van der Waals surface area contributed by atoms with Crippen LogP contribution >= 0.6 is 43.6 Å². The van der Waals surface area contributed by atoms with Gasteiger partial charge in [0.05, 0.1) is 36.3 Å². The SMILES string of the molecule is COc1ccc(Br)cc1[C@@H]1CC(=O)N2CN(c3ccc(Br)cc3)CSC2=C1C#N. The average Bonchev–Trinajstić information content (AvgIpc) is 2.74. The van der Waals surface area contributed by atoms with Crippen molar-refractivity contribution in [2.75, 3.05) is 24.6 Å². The number of hydrogen-bond donors (Lipinski definition) is 0. The summed E-state index contributed by atoms with van der Waals surface area (Å²) in [6, 6.07) is 16.1. The van der Waals surface area contributed by atoms with Crippen LogP contribution < -0.4 is 9.64 Å². The van der Waals surface area contributed by atoms with E-state index in [1.165, 1.54) is 11.8 Å². The van der Waals surface area contributed by atoms with Crippen LogP contribution in [0.4, 0.5) is 5.69 Å². The number of thioether (sulfide) groups is 1. The molecule has 1 atom stereocenters. The first kappa shape index (κ1) is 20.3. The molecule has 2 aliphatic rings. The Bertz CT molecular complexity index is 1030. The number of nitriles is 1. The predicted octanol–water partition coefficient (Wildman–Crippen LogP) is 5.44. The number of carbonyl (C=O) groups is 1. The molecule has 0 spiro atoms.